The molecule has 7 heteroatoms. The molecule has 1 aromatic rings. The van der Waals surface area contributed by atoms with Gasteiger partial charge >= 0.3 is 0 Å². The Labute approximate surface area is 111 Å². The van der Waals surface area contributed by atoms with Crippen LogP contribution in [0.2, 0.25) is 0 Å². The number of nitrogens with zero attached hydrogens (tertiary/aromatic N) is 2. The highest BCUT2D eigenvalue weighted by atomic mass is 32.1. The number of thiol groups is 1. The minimum absolute atomic E-state index is 0.217. The number of para-hydroxylation sites is 1. The Kier molecular flexibility index (Phi) is 3.70. The van der Waals surface area contributed by atoms with E-state index in [0.717, 1.165) is 11.5 Å². The quantitative estimate of drug-likeness (QED) is 0.481. The highest BCUT2D eigenvalue weighted by molar-refractivity contribution is 7.81. The van der Waals surface area contributed by atoms with Crippen molar-refractivity contribution in [1.82, 2.24) is 15.9 Å². The first-order valence-corrected chi connectivity index (χ1v) is 5.99. The van der Waals surface area contributed by atoms with Crippen LogP contribution in [0.4, 0.5) is 5.69 Å². The minimum Gasteiger partial charge on any atom is -0.331 e. The molecule has 1 atom stereocenters. The van der Waals surface area contributed by atoms with Gasteiger partial charge in [-0.2, -0.15) is 5.10 Å². The lowest BCUT2D eigenvalue weighted by molar-refractivity contribution is 0.355. The molecule has 1 aromatic carbocycles. The fraction of sp³-hybridized carbons (Fsp3) is 0.200. The molecule has 0 amide bonds. The number of rotatable bonds is 2. The fourth-order valence-electron chi connectivity index (χ4n) is 1.37. The summed E-state index contributed by atoms with van der Waals surface area (Å²) in [5.41, 5.74) is 6.54. The number of thiocarbonyl (C=S) groups is 1. The third-order valence-corrected chi connectivity index (χ3v) is 2.73. The van der Waals surface area contributed by atoms with Gasteiger partial charge in [0.1, 0.15) is 5.84 Å². The van der Waals surface area contributed by atoms with Gasteiger partial charge in [-0.15, -0.1) is 12.6 Å². The highest BCUT2D eigenvalue weighted by Gasteiger charge is 2.21. The Bertz CT molecular complexity index is 434. The summed E-state index contributed by atoms with van der Waals surface area (Å²) in [5.74, 6) is 0.780. The molecule has 0 spiro atoms. The van der Waals surface area contributed by atoms with Gasteiger partial charge in [0, 0.05) is 5.69 Å². The molecule has 0 saturated carbocycles. The first kappa shape index (κ1) is 12.0. The molecular weight excluding hydrogens is 254 g/mol. The lowest BCUT2D eigenvalue weighted by Gasteiger charge is -2.24. The summed E-state index contributed by atoms with van der Waals surface area (Å²) < 4.78 is 0. The summed E-state index contributed by atoms with van der Waals surface area (Å²) in [5, 5.41) is 9.33. The average Bonchev–Trinajstić information content (AvgIpc) is 2.62. The third kappa shape index (κ3) is 3.01. The maximum absolute atomic E-state index is 5.20. The zero-order valence-corrected chi connectivity index (χ0v) is 10.9. The van der Waals surface area contributed by atoms with E-state index >= 15 is 0 Å². The van der Waals surface area contributed by atoms with Crippen LogP contribution in [-0.2, 0) is 0 Å². The van der Waals surface area contributed by atoms with Crippen molar-refractivity contribution in [3.8, 4) is 0 Å². The Morgan fingerprint density at radius 1 is 1.47 bits per heavy atom. The van der Waals surface area contributed by atoms with Crippen LogP contribution in [0.1, 0.15) is 6.92 Å². The van der Waals surface area contributed by atoms with E-state index in [9.17, 15) is 0 Å². The molecule has 1 aliphatic heterocycles. The molecule has 0 saturated heterocycles. The Hall–Kier alpha value is -1.47. The van der Waals surface area contributed by atoms with Gasteiger partial charge in [0.25, 0.3) is 0 Å². The average molecular weight is 267 g/mol. The molecule has 0 bridgehead atoms. The van der Waals surface area contributed by atoms with Gasteiger partial charge in [-0.05, 0) is 31.3 Å². The van der Waals surface area contributed by atoms with Crippen LogP contribution in [0.25, 0.3) is 0 Å². The van der Waals surface area contributed by atoms with E-state index in [0.29, 0.717) is 5.11 Å². The van der Waals surface area contributed by atoms with Gasteiger partial charge in [0.15, 0.2) is 10.6 Å². The molecule has 17 heavy (non-hydrogen) atoms. The van der Waals surface area contributed by atoms with Crippen molar-refractivity contribution in [2.45, 2.75) is 12.4 Å². The van der Waals surface area contributed by atoms with E-state index < -0.39 is 0 Å². The van der Waals surface area contributed by atoms with Gasteiger partial charge in [0.05, 0.1) is 0 Å². The second-order valence-corrected chi connectivity index (χ2v) is 4.36. The van der Waals surface area contributed by atoms with Gasteiger partial charge in [-0.3, -0.25) is 10.9 Å². The third-order valence-electron chi connectivity index (χ3n) is 2.19. The number of hydrazine groups is 1. The molecule has 2 rings (SSSR count). The molecule has 0 radical (unpaired) electrons. The Balaban J connectivity index is 1.92. The van der Waals surface area contributed by atoms with Crippen LogP contribution in [0.5, 0.6) is 0 Å². The highest BCUT2D eigenvalue weighted by Crippen LogP contribution is 2.08. The monoisotopic (exact) mass is 267 g/mol. The summed E-state index contributed by atoms with van der Waals surface area (Å²) in [6.07, 6.45) is 0. The predicted octanol–water partition coefficient (Wildman–Crippen LogP) is 1.34. The van der Waals surface area contributed by atoms with Crippen molar-refractivity contribution in [3.63, 3.8) is 0 Å². The molecule has 1 aliphatic rings. The van der Waals surface area contributed by atoms with Gasteiger partial charge < -0.3 is 5.32 Å². The maximum Gasteiger partial charge on any atom is 0.189 e. The SMILES string of the molecule is CC1=NNC(S)N1NC(=S)Nc1ccccc1. The summed E-state index contributed by atoms with van der Waals surface area (Å²) in [6.45, 7) is 1.86. The van der Waals surface area contributed by atoms with Crippen molar-refractivity contribution in [2.24, 2.45) is 5.10 Å². The van der Waals surface area contributed by atoms with E-state index in [-0.39, 0.29) is 5.50 Å². The van der Waals surface area contributed by atoms with Crippen LogP contribution in [-0.4, -0.2) is 21.5 Å². The summed E-state index contributed by atoms with van der Waals surface area (Å²) in [4.78, 5) is 0. The first-order chi connectivity index (χ1) is 8.16. The van der Waals surface area contributed by atoms with E-state index in [2.05, 4.69) is 33.9 Å². The smallest absolute Gasteiger partial charge is 0.189 e. The molecule has 5 nitrogen and oxygen atoms in total. The normalized spacial score (nSPS) is 18.4. The Morgan fingerprint density at radius 3 is 2.76 bits per heavy atom. The standard InChI is InChI=1S/C10H13N5S2/c1-7-12-13-10(17)15(7)14-9(16)11-8-5-3-2-4-6-8/h2-6,10,13,17H,1H3,(H2,11,14,16). The van der Waals surface area contributed by atoms with Gasteiger partial charge in [0.2, 0.25) is 0 Å². The zero-order chi connectivity index (χ0) is 12.3. The summed E-state index contributed by atoms with van der Waals surface area (Å²) in [6, 6.07) is 9.71. The second kappa shape index (κ2) is 5.24. The molecule has 1 heterocycles. The molecule has 1 unspecified atom stereocenters. The lowest BCUT2D eigenvalue weighted by Crippen LogP contribution is -2.49. The lowest BCUT2D eigenvalue weighted by atomic mass is 10.3. The molecule has 3 N–H and O–H groups in total. The van der Waals surface area contributed by atoms with Crippen LogP contribution in [0, 0.1) is 0 Å². The zero-order valence-electron chi connectivity index (χ0n) is 9.21. The largest absolute Gasteiger partial charge is 0.331 e. The van der Waals surface area contributed by atoms with Crippen LogP contribution >= 0.6 is 24.8 Å². The topological polar surface area (TPSA) is 51.7 Å². The number of amidine groups is 1. The maximum atomic E-state index is 5.20. The molecule has 0 aromatic heterocycles. The van der Waals surface area contributed by atoms with Crippen molar-refractivity contribution in [1.29, 1.82) is 0 Å². The molecule has 90 valence electrons. The molecule has 0 fully saturated rings. The fourth-order valence-corrected chi connectivity index (χ4v) is 1.87. The Morgan fingerprint density at radius 2 is 2.18 bits per heavy atom. The second-order valence-electron chi connectivity index (χ2n) is 3.46. The number of benzene rings is 1. The number of hydrazone groups is 1. The summed E-state index contributed by atoms with van der Waals surface area (Å²) in [7, 11) is 0. The first-order valence-electron chi connectivity index (χ1n) is 5.06. The van der Waals surface area contributed by atoms with Crippen LogP contribution in [0.3, 0.4) is 0 Å². The van der Waals surface area contributed by atoms with Crippen molar-refractivity contribution in [3.05, 3.63) is 30.3 Å². The van der Waals surface area contributed by atoms with E-state index in [4.69, 9.17) is 12.2 Å². The van der Waals surface area contributed by atoms with Crippen molar-refractivity contribution in [2.75, 3.05) is 5.32 Å². The number of nitrogens with one attached hydrogen (secondary N) is 3. The number of anilines is 1. The van der Waals surface area contributed by atoms with E-state index in [1.54, 1.807) is 5.01 Å². The van der Waals surface area contributed by atoms with Crippen molar-refractivity contribution < 1.29 is 0 Å². The minimum atomic E-state index is -0.217. The van der Waals surface area contributed by atoms with Crippen molar-refractivity contribution >= 4 is 41.5 Å². The molecular formula is C10H13N5S2. The van der Waals surface area contributed by atoms with Crippen LogP contribution in [0.15, 0.2) is 35.4 Å². The van der Waals surface area contributed by atoms with Gasteiger partial charge in [-0.1, -0.05) is 18.2 Å². The molecule has 0 aliphatic carbocycles. The van der Waals surface area contributed by atoms with Crippen LogP contribution < -0.4 is 16.2 Å². The summed E-state index contributed by atoms with van der Waals surface area (Å²) >= 11 is 9.50. The van der Waals surface area contributed by atoms with E-state index in [1.165, 1.54) is 0 Å². The number of hydrogen-bond donors (Lipinski definition) is 4. The van der Waals surface area contributed by atoms with Gasteiger partial charge in [-0.25, -0.2) is 5.01 Å². The van der Waals surface area contributed by atoms with E-state index in [1.807, 2.05) is 37.3 Å². The number of hydrogen-bond acceptors (Lipinski definition) is 5. The predicted molar refractivity (Wildman–Crippen MR) is 76.7 cm³/mol.